The fraction of sp³-hybridized carbons (Fsp3) is 0.444. The maximum Gasteiger partial charge on any atom is 0.330 e. The van der Waals surface area contributed by atoms with Gasteiger partial charge in [-0.1, -0.05) is 12.2 Å². The molecule has 0 spiro atoms. The molecule has 0 aliphatic carbocycles. The molecule has 0 aliphatic heterocycles. The highest BCUT2D eigenvalue weighted by Gasteiger charge is 1.90. The third kappa shape index (κ3) is 5.68. The van der Waals surface area contributed by atoms with Gasteiger partial charge in [-0.15, -0.1) is 0 Å². The normalized spacial score (nSPS) is 12.1. The Bertz CT molecular complexity index is 192. The van der Waals surface area contributed by atoms with Gasteiger partial charge in [0.1, 0.15) is 0 Å². The van der Waals surface area contributed by atoms with Gasteiger partial charge in [-0.05, 0) is 19.4 Å². The van der Waals surface area contributed by atoms with Crippen molar-refractivity contribution < 1.29 is 14.6 Å². The van der Waals surface area contributed by atoms with Crippen LogP contribution in [0.1, 0.15) is 13.8 Å². The van der Waals surface area contributed by atoms with Crippen LogP contribution in [0.25, 0.3) is 0 Å². The third-order valence-corrected chi connectivity index (χ3v) is 1.15. The van der Waals surface area contributed by atoms with Gasteiger partial charge in [0.05, 0.1) is 13.2 Å². The number of aliphatic hydroxyl groups is 1. The summed E-state index contributed by atoms with van der Waals surface area (Å²) >= 11 is 0. The first-order valence-corrected chi connectivity index (χ1v) is 3.82. The highest BCUT2D eigenvalue weighted by atomic mass is 16.5. The zero-order valence-electron chi connectivity index (χ0n) is 7.41. The van der Waals surface area contributed by atoms with E-state index in [2.05, 4.69) is 4.74 Å². The van der Waals surface area contributed by atoms with Gasteiger partial charge in [-0.2, -0.15) is 0 Å². The predicted molar refractivity (Wildman–Crippen MR) is 46.6 cm³/mol. The first-order valence-electron chi connectivity index (χ1n) is 3.82. The summed E-state index contributed by atoms with van der Waals surface area (Å²) in [6, 6.07) is 0. The second-order valence-corrected chi connectivity index (χ2v) is 2.28. The molecule has 12 heavy (non-hydrogen) atoms. The highest BCUT2D eigenvalue weighted by molar-refractivity contribution is 5.82. The zero-order chi connectivity index (χ0) is 9.40. The maximum absolute atomic E-state index is 10.7. The molecule has 68 valence electrons. The molecule has 0 bridgehead atoms. The number of hydrogen-bond donors (Lipinski definition) is 1. The van der Waals surface area contributed by atoms with Gasteiger partial charge in [0.25, 0.3) is 0 Å². The van der Waals surface area contributed by atoms with Crippen LogP contribution in [0.2, 0.25) is 0 Å². The van der Waals surface area contributed by atoms with Crippen LogP contribution in [-0.4, -0.2) is 24.3 Å². The van der Waals surface area contributed by atoms with Gasteiger partial charge in [0.2, 0.25) is 0 Å². The quantitative estimate of drug-likeness (QED) is 0.389. The van der Waals surface area contributed by atoms with E-state index >= 15 is 0 Å². The standard InChI is InChI=1S/C9H14O3/c1-3-12-9(11)6-4-5-8(2)7-10/h4-6,10H,3,7H2,1-2H3/b6-4+,8-5+. The smallest absolute Gasteiger partial charge is 0.330 e. The van der Waals surface area contributed by atoms with Crippen molar-refractivity contribution in [3.05, 3.63) is 23.8 Å². The molecule has 0 aromatic carbocycles. The molecular formula is C9H14O3. The minimum Gasteiger partial charge on any atom is -0.463 e. The van der Waals surface area contributed by atoms with E-state index in [4.69, 9.17) is 5.11 Å². The first kappa shape index (κ1) is 10.9. The van der Waals surface area contributed by atoms with Gasteiger partial charge in [0.15, 0.2) is 0 Å². The second kappa shape index (κ2) is 6.61. The van der Waals surface area contributed by atoms with Crippen molar-refractivity contribution in [3.63, 3.8) is 0 Å². The number of hydrogen-bond acceptors (Lipinski definition) is 3. The zero-order valence-corrected chi connectivity index (χ0v) is 7.41. The molecule has 0 unspecified atom stereocenters. The van der Waals surface area contributed by atoms with Crippen molar-refractivity contribution in [2.24, 2.45) is 0 Å². The summed E-state index contributed by atoms with van der Waals surface area (Å²) < 4.78 is 4.64. The first-order chi connectivity index (χ1) is 5.70. The van der Waals surface area contributed by atoms with E-state index < -0.39 is 0 Å². The van der Waals surface area contributed by atoms with Crippen LogP contribution in [0.4, 0.5) is 0 Å². The second-order valence-electron chi connectivity index (χ2n) is 2.28. The van der Waals surface area contributed by atoms with Crippen molar-refractivity contribution in [1.82, 2.24) is 0 Å². The Kier molecular flexibility index (Phi) is 6.01. The molecule has 0 fully saturated rings. The summed E-state index contributed by atoms with van der Waals surface area (Å²) in [6.07, 6.45) is 4.54. The van der Waals surface area contributed by atoms with Crippen LogP contribution in [0.15, 0.2) is 23.8 Å². The molecular weight excluding hydrogens is 156 g/mol. The minimum absolute atomic E-state index is 0.00711. The number of allylic oxidation sites excluding steroid dienone is 2. The van der Waals surface area contributed by atoms with Crippen molar-refractivity contribution in [2.45, 2.75) is 13.8 Å². The van der Waals surface area contributed by atoms with Crippen LogP contribution >= 0.6 is 0 Å². The van der Waals surface area contributed by atoms with Gasteiger partial charge >= 0.3 is 5.97 Å². The Labute approximate surface area is 72.3 Å². The van der Waals surface area contributed by atoms with E-state index in [1.165, 1.54) is 6.08 Å². The fourth-order valence-corrected chi connectivity index (χ4v) is 0.534. The minimum atomic E-state index is -0.362. The number of carbonyl (C=O) groups is 1. The van der Waals surface area contributed by atoms with E-state index in [9.17, 15) is 4.79 Å². The van der Waals surface area contributed by atoms with E-state index in [-0.39, 0.29) is 12.6 Å². The lowest BCUT2D eigenvalue weighted by atomic mass is 10.3. The molecule has 1 N–H and O–H groups in total. The number of carbonyl (C=O) groups excluding carboxylic acids is 1. The molecule has 0 amide bonds. The van der Waals surface area contributed by atoms with Crippen molar-refractivity contribution >= 4 is 5.97 Å². The number of rotatable bonds is 4. The summed E-state index contributed by atoms with van der Waals surface area (Å²) in [5.74, 6) is -0.362. The Hall–Kier alpha value is -1.09. The SMILES string of the molecule is CCOC(=O)/C=C/C=C(\C)CO. The van der Waals surface area contributed by atoms with Crippen LogP contribution in [-0.2, 0) is 9.53 Å². The molecule has 0 rings (SSSR count). The molecule has 0 radical (unpaired) electrons. The van der Waals surface area contributed by atoms with Crippen LogP contribution < -0.4 is 0 Å². The largest absolute Gasteiger partial charge is 0.463 e. The van der Waals surface area contributed by atoms with Gasteiger partial charge in [-0.25, -0.2) is 4.79 Å². The molecule has 0 atom stereocenters. The van der Waals surface area contributed by atoms with Gasteiger partial charge in [0, 0.05) is 6.08 Å². The van der Waals surface area contributed by atoms with E-state index in [0.717, 1.165) is 5.57 Å². The summed E-state index contributed by atoms with van der Waals surface area (Å²) in [5.41, 5.74) is 0.801. The third-order valence-electron chi connectivity index (χ3n) is 1.15. The molecule has 0 aliphatic rings. The Morgan fingerprint density at radius 1 is 1.58 bits per heavy atom. The number of aliphatic hydroxyl groups excluding tert-OH is 1. The van der Waals surface area contributed by atoms with E-state index in [1.54, 1.807) is 26.0 Å². The van der Waals surface area contributed by atoms with Crippen LogP contribution in [0.5, 0.6) is 0 Å². The topological polar surface area (TPSA) is 46.5 Å². The Balaban J connectivity index is 3.83. The summed E-state index contributed by atoms with van der Waals surface area (Å²) in [7, 11) is 0. The number of esters is 1. The van der Waals surface area contributed by atoms with Crippen LogP contribution in [0.3, 0.4) is 0 Å². The molecule has 0 saturated heterocycles. The van der Waals surface area contributed by atoms with Gasteiger partial charge < -0.3 is 9.84 Å². The molecule has 0 saturated carbocycles. The molecule has 3 nitrogen and oxygen atoms in total. The summed E-state index contributed by atoms with van der Waals surface area (Å²) in [5, 5.41) is 8.59. The van der Waals surface area contributed by atoms with Crippen molar-refractivity contribution in [3.8, 4) is 0 Å². The highest BCUT2D eigenvalue weighted by Crippen LogP contribution is 1.90. The van der Waals surface area contributed by atoms with E-state index in [0.29, 0.717) is 6.61 Å². The number of ether oxygens (including phenoxy) is 1. The van der Waals surface area contributed by atoms with Gasteiger partial charge in [-0.3, -0.25) is 0 Å². The lowest BCUT2D eigenvalue weighted by Gasteiger charge is -1.93. The molecule has 0 aromatic rings. The maximum atomic E-state index is 10.7. The van der Waals surface area contributed by atoms with Crippen molar-refractivity contribution in [1.29, 1.82) is 0 Å². The van der Waals surface area contributed by atoms with E-state index in [1.807, 2.05) is 0 Å². The Morgan fingerprint density at radius 3 is 2.75 bits per heavy atom. The van der Waals surface area contributed by atoms with Crippen molar-refractivity contribution in [2.75, 3.05) is 13.2 Å². The summed E-state index contributed by atoms with van der Waals surface area (Å²) in [6.45, 7) is 3.91. The predicted octanol–water partition coefficient (Wildman–Crippen LogP) is 1.04. The lowest BCUT2D eigenvalue weighted by Crippen LogP contribution is -1.98. The average Bonchev–Trinajstić information content (AvgIpc) is 2.04. The monoisotopic (exact) mass is 170 g/mol. The molecule has 0 heterocycles. The fourth-order valence-electron chi connectivity index (χ4n) is 0.534. The van der Waals surface area contributed by atoms with Crippen LogP contribution in [0, 0.1) is 0 Å². The molecule has 0 aromatic heterocycles. The summed E-state index contributed by atoms with van der Waals surface area (Å²) in [4.78, 5) is 10.7. The lowest BCUT2D eigenvalue weighted by molar-refractivity contribution is -0.137. The average molecular weight is 170 g/mol. The molecule has 3 heteroatoms. The Morgan fingerprint density at radius 2 is 2.25 bits per heavy atom.